The van der Waals surface area contributed by atoms with Gasteiger partial charge in [0.05, 0.1) is 15.4 Å². The number of hydrogen-bond acceptors (Lipinski definition) is 4. The Hall–Kier alpha value is -1.56. The number of carboxylic acids is 1. The highest BCUT2D eigenvalue weighted by atomic mass is 32.1. The molecule has 0 aliphatic heterocycles. The maximum atomic E-state index is 10.5. The van der Waals surface area contributed by atoms with Gasteiger partial charge in [0.25, 0.3) is 5.69 Å². The summed E-state index contributed by atoms with van der Waals surface area (Å²) in [4.78, 5) is 20.1. The van der Waals surface area contributed by atoms with Crippen LogP contribution in [-0.4, -0.2) is 16.0 Å². The lowest BCUT2D eigenvalue weighted by molar-refractivity contribution is -0.387. The number of rotatable bonds is 2. The molecule has 68 valence electrons. The summed E-state index contributed by atoms with van der Waals surface area (Å²) in [6.07, 6.45) is 0. The summed E-state index contributed by atoms with van der Waals surface area (Å²) in [6, 6.07) is 3.77. The van der Waals surface area contributed by atoms with Crippen LogP contribution in [0.2, 0.25) is 0 Å². The van der Waals surface area contributed by atoms with E-state index in [1.807, 2.05) is 0 Å². The molecule has 0 fully saturated rings. The molecular weight excluding hydrogens is 194 g/mol. The van der Waals surface area contributed by atoms with Crippen molar-refractivity contribution in [1.82, 2.24) is 0 Å². The third-order valence-corrected chi connectivity index (χ3v) is 1.91. The zero-order valence-corrected chi connectivity index (χ0v) is 7.19. The highest BCUT2D eigenvalue weighted by Crippen LogP contribution is 2.25. The molecule has 0 atom stereocenters. The van der Waals surface area contributed by atoms with E-state index in [-0.39, 0.29) is 16.1 Å². The molecule has 0 radical (unpaired) electrons. The fraction of sp³-hybridized carbons (Fsp3) is 0. The van der Waals surface area contributed by atoms with E-state index in [1.165, 1.54) is 18.2 Å². The lowest BCUT2D eigenvalue weighted by Crippen LogP contribution is -2.00. The molecule has 0 saturated heterocycles. The standard InChI is InChI=1S/C7H5NO4S/c9-7(10)4-2-1-3-5(6(4)13)8(11)12/h1-3,13H,(H,9,10). The average molecular weight is 199 g/mol. The number of thiol groups is 1. The van der Waals surface area contributed by atoms with E-state index in [0.717, 1.165) is 0 Å². The second kappa shape index (κ2) is 3.44. The third kappa shape index (κ3) is 1.78. The zero-order valence-electron chi connectivity index (χ0n) is 6.30. The van der Waals surface area contributed by atoms with Crippen LogP contribution < -0.4 is 0 Å². The molecule has 0 aliphatic rings. The Labute approximate surface area is 78.6 Å². The summed E-state index contributed by atoms with van der Waals surface area (Å²) in [7, 11) is 0. The number of nitro groups is 1. The van der Waals surface area contributed by atoms with E-state index in [2.05, 4.69) is 12.6 Å². The number of nitro benzene ring substituents is 1. The first kappa shape index (κ1) is 9.53. The molecule has 5 nitrogen and oxygen atoms in total. The van der Waals surface area contributed by atoms with Crippen molar-refractivity contribution >= 4 is 24.3 Å². The van der Waals surface area contributed by atoms with E-state index in [0.29, 0.717) is 0 Å². The molecule has 0 aliphatic carbocycles. The van der Waals surface area contributed by atoms with Crippen molar-refractivity contribution in [3.8, 4) is 0 Å². The van der Waals surface area contributed by atoms with E-state index in [9.17, 15) is 14.9 Å². The lowest BCUT2D eigenvalue weighted by Gasteiger charge is -1.99. The molecule has 1 N–H and O–H groups in total. The lowest BCUT2D eigenvalue weighted by atomic mass is 10.2. The van der Waals surface area contributed by atoms with Crippen molar-refractivity contribution in [2.45, 2.75) is 4.90 Å². The summed E-state index contributed by atoms with van der Waals surface area (Å²) in [5.74, 6) is -1.23. The van der Waals surface area contributed by atoms with Gasteiger partial charge in [0.15, 0.2) is 0 Å². The average Bonchev–Trinajstić information content (AvgIpc) is 2.03. The van der Waals surface area contributed by atoms with Crippen LogP contribution in [0.5, 0.6) is 0 Å². The predicted octanol–water partition coefficient (Wildman–Crippen LogP) is 1.58. The van der Waals surface area contributed by atoms with Crippen LogP contribution in [0, 0.1) is 10.1 Å². The molecule has 1 aromatic carbocycles. The Kier molecular flexibility index (Phi) is 2.52. The van der Waals surface area contributed by atoms with Crippen molar-refractivity contribution in [3.05, 3.63) is 33.9 Å². The van der Waals surface area contributed by atoms with Crippen molar-refractivity contribution in [2.24, 2.45) is 0 Å². The smallest absolute Gasteiger partial charge is 0.337 e. The number of benzene rings is 1. The van der Waals surface area contributed by atoms with Crippen LogP contribution >= 0.6 is 12.6 Å². The van der Waals surface area contributed by atoms with Crippen LogP contribution in [0.1, 0.15) is 10.4 Å². The SMILES string of the molecule is O=C(O)c1cccc([N+](=O)[O-])c1S. The fourth-order valence-electron chi connectivity index (χ4n) is 0.851. The van der Waals surface area contributed by atoms with Gasteiger partial charge in [-0.2, -0.15) is 0 Å². The van der Waals surface area contributed by atoms with E-state index in [4.69, 9.17) is 5.11 Å². The third-order valence-electron chi connectivity index (χ3n) is 1.44. The van der Waals surface area contributed by atoms with Gasteiger partial charge in [0, 0.05) is 6.07 Å². The van der Waals surface area contributed by atoms with Crippen molar-refractivity contribution in [2.75, 3.05) is 0 Å². The Morgan fingerprint density at radius 1 is 1.54 bits per heavy atom. The molecular formula is C7H5NO4S. The molecule has 0 amide bonds. The molecule has 0 heterocycles. The van der Waals surface area contributed by atoms with Gasteiger partial charge in [-0.05, 0) is 6.07 Å². The molecule has 1 rings (SSSR count). The van der Waals surface area contributed by atoms with Gasteiger partial charge in [-0.15, -0.1) is 12.6 Å². The second-order valence-electron chi connectivity index (χ2n) is 2.24. The van der Waals surface area contributed by atoms with Gasteiger partial charge < -0.3 is 5.11 Å². The maximum Gasteiger partial charge on any atom is 0.337 e. The van der Waals surface area contributed by atoms with Crippen molar-refractivity contribution < 1.29 is 14.8 Å². The molecule has 0 unspecified atom stereocenters. The Morgan fingerprint density at radius 2 is 2.15 bits per heavy atom. The molecule has 0 aromatic heterocycles. The summed E-state index contributed by atoms with van der Waals surface area (Å²) >= 11 is 3.77. The van der Waals surface area contributed by atoms with Crippen molar-refractivity contribution in [3.63, 3.8) is 0 Å². The number of aromatic carboxylic acids is 1. The van der Waals surface area contributed by atoms with E-state index >= 15 is 0 Å². The zero-order chi connectivity index (χ0) is 10.0. The largest absolute Gasteiger partial charge is 0.478 e. The van der Waals surface area contributed by atoms with Crippen LogP contribution in [-0.2, 0) is 0 Å². The van der Waals surface area contributed by atoms with E-state index < -0.39 is 10.9 Å². The van der Waals surface area contributed by atoms with Crippen LogP contribution in [0.4, 0.5) is 5.69 Å². The molecule has 0 spiro atoms. The topological polar surface area (TPSA) is 80.4 Å². The Morgan fingerprint density at radius 3 is 2.62 bits per heavy atom. The minimum Gasteiger partial charge on any atom is -0.478 e. The summed E-state index contributed by atoms with van der Waals surface area (Å²) < 4.78 is 0. The first-order chi connectivity index (χ1) is 6.04. The monoisotopic (exact) mass is 199 g/mol. The Balaban J connectivity index is 3.35. The first-order valence-electron chi connectivity index (χ1n) is 3.23. The van der Waals surface area contributed by atoms with Gasteiger partial charge in [0.2, 0.25) is 0 Å². The molecule has 13 heavy (non-hydrogen) atoms. The van der Waals surface area contributed by atoms with Gasteiger partial charge in [-0.25, -0.2) is 4.79 Å². The van der Waals surface area contributed by atoms with Gasteiger partial charge >= 0.3 is 5.97 Å². The van der Waals surface area contributed by atoms with Crippen molar-refractivity contribution in [1.29, 1.82) is 0 Å². The van der Waals surface area contributed by atoms with Crippen LogP contribution in [0.3, 0.4) is 0 Å². The van der Waals surface area contributed by atoms with Gasteiger partial charge in [-0.1, -0.05) is 6.07 Å². The highest BCUT2D eigenvalue weighted by molar-refractivity contribution is 7.80. The van der Waals surface area contributed by atoms with E-state index in [1.54, 1.807) is 0 Å². The molecule has 0 saturated carbocycles. The number of nitrogens with zero attached hydrogens (tertiary/aromatic N) is 1. The number of hydrogen-bond donors (Lipinski definition) is 2. The Bertz CT molecular complexity index is 345. The summed E-state index contributed by atoms with van der Waals surface area (Å²) in [6.45, 7) is 0. The van der Waals surface area contributed by atoms with Crippen LogP contribution in [0.25, 0.3) is 0 Å². The molecule has 0 bridgehead atoms. The summed E-state index contributed by atoms with van der Waals surface area (Å²) in [5.41, 5.74) is -0.472. The number of carbonyl (C=O) groups is 1. The van der Waals surface area contributed by atoms with Gasteiger partial charge in [0.1, 0.15) is 0 Å². The second-order valence-corrected chi connectivity index (χ2v) is 2.68. The summed E-state index contributed by atoms with van der Waals surface area (Å²) in [5, 5.41) is 19.0. The minimum absolute atomic E-state index is 0.125. The fourth-order valence-corrected chi connectivity index (χ4v) is 1.18. The predicted molar refractivity (Wildman–Crippen MR) is 47.3 cm³/mol. The van der Waals surface area contributed by atoms with Gasteiger partial charge in [-0.3, -0.25) is 10.1 Å². The normalized spacial score (nSPS) is 9.62. The quantitative estimate of drug-likeness (QED) is 0.430. The first-order valence-corrected chi connectivity index (χ1v) is 3.68. The number of carboxylic acid groups (broad SMARTS) is 1. The molecule has 6 heteroatoms. The van der Waals surface area contributed by atoms with Crippen LogP contribution in [0.15, 0.2) is 23.1 Å². The maximum absolute atomic E-state index is 10.5. The molecule has 1 aromatic rings. The minimum atomic E-state index is -1.23. The highest BCUT2D eigenvalue weighted by Gasteiger charge is 2.17.